The molecule has 2 rings (SSSR count). The van der Waals surface area contributed by atoms with Crippen LogP contribution in [-0.2, 0) is 0 Å². The first kappa shape index (κ1) is 10.6. The third-order valence-corrected chi connectivity index (χ3v) is 2.22. The lowest BCUT2D eigenvalue weighted by atomic mass is 10.1. The summed E-state index contributed by atoms with van der Waals surface area (Å²) in [4.78, 5) is 14.8. The first-order valence-corrected chi connectivity index (χ1v) is 4.45. The highest BCUT2D eigenvalue weighted by molar-refractivity contribution is 6.05. The van der Waals surface area contributed by atoms with Gasteiger partial charge in [0, 0.05) is 13.1 Å². The Morgan fingerprint density at radius 2 is 1.94 bits per heavy atom. The molecular weight excluding hydrogens is 219 g/mol. The topological polar surface area (TPSA) is 30.0 Å². The standard InChI is InChI=1S/C11H6F3NO/c1-5(16)11-8-6(2-3-15-11)4-7(12)9(13)10(8)14/h2-4H,1H3. The molecule has 82 valence electrons. The van der Waals surface area contributed by atoms with Crippen LogP contribution < -0.4 is 0 Å². The molecule has 0 spiro atoms. The minimum absolute atomic E-state index is 0.108. The molecule has 0 saturated heterocycles. The Hall–Kier alpha value is -1.91. The summed E-state index contributed by atoms with van der Waals surface area (Å²) in [7, 11) is 0. The predicted molar refractivity (Wildman–Crippen MR) is 51.6 cm³/mol. The number of hydrogen-bond donors (Lipinski definition) is 0. The zero-order valence-corrected chi connectivity index (χ0v) is 8.22. The highest BCUT2D eigenvalue weighted by Crippen LogP contribution is 2.25. The number of aromatic nitrogens is 1. The minimum atomic E-state index is -1.59. The maximum absolute atomic E-state index is 13.5. The van der Waals surface area contributed by atoms with E-state index in [2.05, 4.69) is 4.98 Å². The van der Waals surface area contributed by atoms with E-state index in [-0.39, 0.29) is 16.5 Å². The van der Waals surface area contributed by atoms with Gasteiger partial charge in [0.2, 0.25) is 0 Å². The van der Waals surface area contributed by atoms with Crippen molar-refractivity contribution in [1.29, 1.82) is 0 Å². The van der Waals surface area contributed by atoms with Crippen LogP contribution in [0.15, 0.2) is 18.3 Å². The summed E-state index contributed by atoms with van der Waals surface area (Å²) >= 11 is 0. The molecule has 0 radical (unpaired) electrons. The van der Waals surface area contributed by atoms with Crippen molar-refractivity contribution in [2.45, 2.75) is 6.92 Å². The van der Waals surface area contributed by atoms with Crippen LogP contribution in [0.2, 0.25) is 0 Å². The second-order valence-electron chi connectivity index (χ2n) is 3.30. The molecule has 2 nitrogen and oxygen atoms in total. The highest BCUT2D eigenvalue weighted by Gasteiger charge is 2.18. The fraction of sp³-hybridized carbons (Fsp3) is 0.0909. The second-order valence-corrected chi connectivity index (χ2v) is 3.30. The van der Waals surface area contributed by atoms with Crippen molar-refractivity contribution in [3.63, 3.8) is 0 Å². The molecule has 1 aromatic carbocycles. The summed E-state index contributed by atoms with van der Waals surface area (Å²) < 4.78 is 39.4. The fourth-order valence-electron chi connectivity index (χ4n) is 1.51. The molecule has 0 aliphatic heterocycles. The largest absolute Gasteiger partial charge is 0.293 e. The van der Waals surface area contributed by atoms with Gasteiger partial charge in [-0.05, 0) is 17.5 Å². The number of rotatable bonds is 1. The number of carbonyl (C=O) groups excluding carboxylic acids is 1. The molecule has 1 heterocycles. The van der Waals surface area contributed by atoms with E-state index < -0.39 is 23.2 Å². The highest BCUT2D eigenvalue weighted by atomic mass is 19.2. The molecule has 1 aromatic heterocycles. The predicted octanol–water partition coefficient (Wildman–Crippen LogP) is 2.85. The van der Waals surface area contributed by atoms with Gasteiger partial charge in [-0.15, -0.1) is 0 Å². The molecular formula is C11H6F3NO. The Kier molecular flexibility index (Phi) is 2.38. The van der Waals surface area contributed by atoms with E-state index in [1.165, 1.54) is 19.2 Å². The van der Waals surface area contributed by atoms with Gasteiger partial charge in [0.25, 0.3) is 0 Å². The van der Waals surface area contributed by atoms with Gasteiger partial charge in [0.1, 0.15) is 5.69 Å². The summed E-state index contributed by atoms with van der Waals surface area (Å²) in [5.74, 6) is -4.77. The van der Waals surface area contributed by atoms with Gasteiger partial charge in [-0.25, -0.2) is 13.2 Å². The number of Topliss-reactive ketones (excluding diaryl/α,β-unsaturated/α-hetero) is 1. The monoisotopic (exact) mass is 225 g/mol. The summed E-state index contributed by atoms with van der Waals surface area (Å²) in [6, 6.07) is 2.15. The van der Waals surface area contributed by atoms with Crippen LogP contribution in [-0.4, -0.2) is 10.8 Å². The Balaban J connectivity index is 2.97. The van der Waals surface area contributed by atoms with Gasteiger partial charge in [-0.1, -0.05) is 0 Å². The van der Waals surface area contributed by atoms with Gasteiger partial charge in [-0.3, -0.25) is 9.78 Å². The van der Waals surface area contributed by atoms with Crippen LogP contribution in [0.5, 0.6) is 0 Å². The number of benzene rings is 1. The van der Waals surface area contributed by atoms with Crippen molar-refractivity contribution in [3.05, 3.63) is 41.5 Å². The van der Waals surface area contributed by atoms with Crippen LogP contribution in [0.25, 0.3) is 10.8 Å². The average molecular weight is 225 g/mol. The number of carbonyl (C=O) groups is 1. The van der Waals surface area contributed by atoms with Gasteiger partial charge in [0.15, 0.2) is 23.2 Å². The molecule has 0 bridgehead atoms. The smallest absolute Gasteiger partial charge is 0.195 e. The van der Waals surface area contributed by atoms with Crippen molar-refractivity contribution in [1.82, 2.24) is 4.98 Å². The number of pyridine rings is 1. The number of fused-ring (bicyclic) bond motifs is 1. The third-order valence-electron chi connectivity index (χ3n) is 2.22. The van der Waals surface area contributed by atoms with E-state index in [0.29, 0.717) is 0 Å². The van der Waals surface area contributed by atoms with Crippen LogP contribution >= 0.6 is 0 Å². The molecule has 0 fully saturated rings. The number of halogens is 3. The van der Waals surface area contributed by atoms with Crippen molar-refractivity contribution < 1.29 is 18.0 Å². The lowest BCUT2D eigenvalue weighted by molar-refractivity contribution is 0.101. The van der Waals surface area contributed by atoms with Crippen molar-refractivity contribution in [2.75, 3.05) is 0 Å². The van der Waals surface area contributed by atoms with E-state index in [1.807, 2.05) is 0 Å². The van der Waals surface area contributed by atoms with Crippen LogP contribution in [0.4, 0.5) is 13.2 Å². The Morgan fingerprint density at radius 3 is 2.56 bits per heavy atom. The molecule has 16 heavy (non-hydrogen) atoms. The normalized spacial score (nSPS) is 10.8. The Labute approximate surface area is 88.7 Å². The van der Waals surface area contributed by atoms with E-state index in [9.17, 15) is 18.0 Å². The molecule has 0 saturated carbocycles. The Morgan fingerprint density at radius 1 is 1.25 bits per heavy atom. The number of nitrogens with zero attached hydrogens (tertiary/aromatic N) is 1. The lowest BCUT2D eigenvalue weighted by Crippen LogP contribution is -2.02. The fourth-order valence-corrected chi connectivity index (χ4v) is 1.51. The number of ketones is 1. The van der Waals surface area contributed by atoms with Gasteiger partial charge in [0.05, 0.1) is 5.39 Å². The van der Waals surface area contributed by atoms with E-state index in [0.717, 1.165) is 6.07 Å². The molecule has 0 aliphatic carbocycles. The zero-order valence-electron chi connectivity index (χ0n) is 8.22. The van der Waals surface area contributed by atoms with E-state index in [1.54, 1.807) is 0 Å². The van der Waals surface area contributed by atoms with Gasteiger partial charge in [-0.2, -0.15) is 0 Å². The van der Waals surface area contributed by atoms with Gasteiger partial charge < -0.3 is 0 Å². The maximum Gasteiger partial charge on any atom is 0.195 e. The van der Waals surface area contributed by atoms with Crippen molar-refractivity contribution in [2.24, 2.45) is 0 Å². The Bertz CT molecular complexity index is 595. The molecule has 0 amide bonds. The summed E-state index contributed by atoms with van der Waals surface area (Å²) in [5.41, 5.74) is -0.200. The molecule has 0 unspecified atom stereocenters. The molecule has 5 heteroatoms. The third kappa shape index (κ3) is 1.44. The SMILES string of the molecule is CC(=O)c1nccc2cc(F)c(F)c(F)c12. The molecule has 2 aromatic rings. The van der Waals surface area contributed by atoms with Crippen LogP contribution in [0.1, 0.15) is 17.4 Å². The van der Waals surface area contributed by atoms with Gasteiger partial charge >= 0.3 is 0 Å². The van der Waals surface area contributed by atoms with Crippen molar-refractivity contribution in [3.8, 4) is 0 Å². The van der Waals surface area contributed by atoms with E-state index >= 15 is 0 Å². The van der Waals surface area contributed by atoms with Crippen LogP contribution in [0.3, 0.4) is 0 Å². The molecule has 0 N–H and O–H groups in total. The van der Waals surface area contributed by atoms with Crippen molar-refractivity contribution >= 4 is 16.6 Å². The maximum atomic E-state index is 13.5. The van der Waals surface area contributed by atoms with Crippen LogP contribution in [0, 0.1) is 17.5 Å². The summed E-state index contributed by atoms with van der Waals surface area (Å²) in [5, 5.41) is -0.175. The quantitative estimate of drug-likeness (QED) is 0.551. The summed E-state index contributed by atoms with van der Waals surface area (Å²) in [6.07, 6.45) is 1.25. The first-order chi connectivity index (χ1) is 7.52. The zero-order chi connectivity index (χ0) is 11.9. The minimum Gasteiger partial charge on any atom is -0.293 e. The average Bonchev–Trinajstić information content (AvgIpc) is 2.25. The molecule has 0 aliphatic rings. The molecule has 0 atom stereocenters. The second kappa shape index (κ2) is 3.59. The first-order valence-electron chi connectivity index (χ1n) is 4.45. The lowest BCUT2D eigenvalue weighted by Gasteiger charge is -2.05. The number of hydrogen-bond acceptors (Lipinski definition) is 2. The summed E-state index contributed by atoms with van der Waals surface area (Å²) in [6.45, 7) is 1.18. The van der Waals surface area contributed by atoms with E-state index in [4.69, 9.17) is 0 Å².